The van der Waals surface area contributed by atoms with E-state index in [1.54, 1.807) is 0 Å². The van der Waals surface area contributed by atoms with E-state index < -0.39 is 17.6 Å². The molecule has 1 aromatic carbocycles. The summed E-state index contributed by atoms with van der Waals surface area (Å²) < 4.78 is 42.6. The highest BCUT2D eigenvalue weighted by molar-refractivity contribution is 5.94. The fraction of sp³-hybridized carbons (Fsp3) is 0.308. The first kappa shape index (κ1) is 15.1. The Balaban J connectivity index is 3.01. The Hall–Kier alpha value is -2.00. The van der Waals surface area contributed by atoms with Crippen LogP contribution in [-0.4, -0.2) is 26.2 Å². The minimum atomic E-state index is -4.55. The third-order valence-electron chi connectivity index (χ3n) is 2.28. The highest BCUT2D eigenvalue weighted by Gasteiger charge is 2.31. The van der Waals surface area contributed by atoms with Crippen molar-refractivity contribution in [1.29, 1.82) is 0 Å². The zero-order valence-electron chi connectivity index (χ0n) is 10.2. The van der Waals surface area contributed by atoms with Gasteiger partial charge in [-0.3, -0.25) is 4.79 Å². The summed E-state index contributed by atoms with van der Waals surface area (Å²) in [6.45, 7) is 0.476. The summed E-state index contributed by atoms with van der Waals surface area (Å²) in [5, 5.41) is 2.43. The molecule has 0 aliphatic carbocycles. The summed E-state index contributed by atoms with van der Waals surface area (Å²) >= 11 is 0. The molecule has 0 unspecified atom stereocenters. The number of alkyl halides is 3. The van der Waals surface area contributed by atoms with Crippen LogP contribution in [0.4, 0.5) is 13.2 Å². The highest BCUT2D eigenvalue weighted by atomic mass is 19.4. The normalized spacial score (nSPS) is 10.9. The van der Waals surface area contributed by atoms with Gasteiger partial charge in [-0.15, -0.1) is 6.42 Å². The summed E-state index contributed by atoms with van der Waals surface area (Å²) in [6, 6.07) is 2.83. The summed E-state index contributed by atoms with van der Waals surface area (Å²) in [7, 11) is 1.45. The molecular formula is C13H12F3NO2. The SMILES string of the molecule is C#Cc1cc(C(=O)NCCOC)cc(C(F)(F)F)c1. The molecule has 0 aliphatic rings. The lowest BCUT2D eigenvalue weighted by atomic mass is 10.0. The number of carbonyl (C=O) groups is 1. The Kier molecular flexibility index (Phi) is 4.95. The van der Waals surface area contributed by atoms with Crippen molar-refractivity contribution in [3.05, 3.63) is 34.9 Å². The van der Waals surface area contributed by atoms with Crippen LogP contribution < -0.4 is 5.32 Å². The molecule has 6 heteroatoms. The number of carbonyl (C=O) groups excluding carboxylic acids is 1. The van der Waals surface area contributed by atoms with Crippen molar-refractivity contribution in [2.45, 2.75) is 6.18 Å². The van der Waals surface area contributed by atoms with Gasteiger partial charge in [-0.2, -0.15) is 13.2 Å². The Labute approximate surface area is 108 Å². The number of methoxy groups -OCH3 is 1. The highest BCUT2D eigenvalue weighted by Crippen LogP contribution is 2.30. The van der Waals surface area contributed by atoms with E-state index in [0.717, 1.165) is 12.1 Å². The van der Waals surface area contributed by atoms with Crippen LogP contribution >= 0.6 is 0 Å². The Morgan fingerprint density at radius 1 is 1.42 bits per heavy atom. The maximum absolute atomic E-state index is 12.6. The van der Waals surface area contributed by atoms with Gasteiger partial charge in [0.25, 0.3) is 5.91 Å². The quantitative estimate of drug-likeness (QED) is 0.672. The van der Waals surface area contributed by atoms with Gasteiger partial charge in [-0.05, 0) is 18.2 Å². The number of hydrogen-bond acceptors (Lipinski definition) is 2. The number of amides is 1. The van der Waals surface area contributed by atoms with E-state index in [1.165, 1.54) is 13.2 Å². The average Bonchev–Trinajstić information content (AvgIpc) is 2.37. The Morgan fingerprint density at radius 3 is 2.63 bits per heavy atom. The minimum absolute atomic E-state index is 0.00622. The second kappa shape index (κ2) is 6.25. The molecule has 0 aliphatic heterocycles. The van der Waals surface area contributed by atoms with Gasteiger partial charge in [0.1, 0.15) is 0 Å². The van der Waals surface area contributed by atoms with E-state index in [-0.39, 0.29) is 24.3 Å². The zero-order valence-corrected chi connectivity index (χ0v) is 10.2. The van der Waals surface area contributed by atoms with E-state index in [2.05, 4.69) is 11.2 Å². The van der Waals surface area contributed by atoms with Crippen LogP contribution in [0.25, 0.3) is 0 Å². The fourth-order valence-corrected chi connectivity index (χ4v) is 1.37. The van der Waals surface area contributed by atoms with Crippen molar-refractivity contribution in [3.63, 3.8) is 0 Å². The molecule has 0 bridgehead atoms. The molecule has 0 spiro atoms. The molecule has 0 saturated carbocycles. The second-order valence-corrected chi connectivity index (χ2v) is 3.69. The number of halogens is 3. The fourth-order valence-electron chi connectivity index (χ4n) is 1.37. The van der Waals surface area contributed by atoms with Crippen LogP contribution in [0.3, 0.4) is 0 Å². The zero-order chi connectivity index (χ0) is 14.5. The van der Waals surface area contributed by atoms with Crippen molar-refractivity contribution in [1.82, 2.24) is 5.32 Å². The van der Waals surface area contributed by atoms with E-state index in [9.17, 15) is 18.0 Å². The average molecular weight is 271 g/mol. The Morgan fingerprint density at radius 2 is 2.11 bits per heavy atom. The molecule has 1 N–H and O–H groups in total. The lowest BCUT2D eigenvalue weighted by Crippen LogP contribution is -2.27. The molecular weight excluding hydrogens is 259 g/mol. The summed E-state index contributed by atoms with van der Waals surface area (Å²) in [5.41, 5.74) is -1.06. The topological polar surface area (TPSA) is 38.3 Å². The molecule has 19 heavy (non-hydrogen) atoms. The third-order valence-corrected chi connectivity index (χ3v) is 2.28. The lowest BCUT2D eigenvalue weighted by molar-refractivity contribution is -0.137. The van der Waals surface area contributed by atoms with Crippen LogP contribution in [0.2, 0.25) is 0 Å². The molecule has 0 aromatic heterocycles. The summed E-state index contributed by atoms with van der Waals surface area (Å²) in [4.78, 5) is 11.7. The molecule has 3 nitrogen and oxygen atoms in total. The molecule has 0 heterocycles. The molecule has 1 aromatic rings. The smallest absolute Gasteiger partial charge is 0.383 e. The third kappa shape index (κ3) is 4.30. The van der Waals surface area contributed by atoms with E-state index in [0.29, 0.717) is 0 Å². The van der Waals surface area contributed by atoms with E-state index >= 15 is 0 Å². The van der Waals surface area contributed by atoms with Crippen LogP contribution in [0.1, 0.15) is 21.5 Å². The monoisotopic (exact) mass is 271 g/mol. The minimum Gasteiger partial charge on any atom is -0.383 e. The van der Waals surface area contributed by atoms with Gasteiger partial charge in [-0.1, -0.05) is 5.92 Å². The molecule has 0 atom stereocenters. The second-order valence-electron chi connectivity index (χ2n) is 3.69. The van der Waals surface area contributed by atoms with Crippen molar-refractivity contribution in [3.8, 4) is 12.3 Å². The number of benzene rings is 1. The maximum atomic E-state index is 12.6. The van der Waals surface area contributed by atoms with Gasteiger partial charge in [-0.25, -0.2) is 0 Å². The summed E-state index contributed by atoms with van der Waals surface area (Å²) in [6.07, 6.45) is 0.536. The first-order valence-corrected chi connectivity index (χ1v) is 5.34. The standard InChI is InChI=1S/C13H12F3NO2/c1-3-9-6-10(12(18)17-4-5-19-2)8-11(7-9)13(14,15)16/h1,6-8H,4-5H2,2H3,(H,17,18). The molecule has 1 rings (SSSR count). The Bertz CT molecular complexity index is 504. The van der Waals surface area contributed by atoms with Crippen molar-refractivity contribution in [2.75, 3.05) is 20.3 Å². The van der Waals surface area contributed by atoms with Crippen LogP contribution in [0.5, 0.6) is 0 Å². The van der Waals surface area contributed by atoms with Gasteiger partial charge >= 0.3 is 6.18 Å². The van der Waals surface area contributed by atoms with E-state index in [4.69, 9.17) is 11.2 Å². The predicted molar refractivity (Wildman–Crippen MR) is 63.6 cm³/mol. The number of ether oxygens (including phenoxy) is 1. The van der Waals surface area contributed by atoms with Gasteiger partial charge in [0.15, 0.2) is 0 Å². The molecule has 102 valence electrons. The number of rotatable bonds is 4. The first-order chi connectivity index (χ1) is 8.88. The van der Waals surface area contributed by atoms with Crippen molar-refractivity contribution in [2.24, 2.45) is 0 Å². The van der Waals surface area contributed by atoms with Gasteiger partial charge in [0.05, 0.1) is 12.2 Å². The number of hydrogen-bond donors (Lipinski definition) is 1. The van der Waals surface area contributed by atoms with Gasteiger partial charge in [0, 0.05) is 24.8 Å². The first-order valence-electron chi connectivity index (χ1n) is 5.34. The predicted octanol–water partition coefficient (Wildman–Crippen LogP) is 2.06. The molecule has 0 saturated heterocycles. The molecule has 0 radical (unpaired) electrons. The molecule has 0 fully saturated rings. The maximum Gasteiger partial charge on any atom is 0.416 e. The number of nitrogens with one attached hydrogen (secondary N) is 1. The van der Waals surface area contributed by atoms with Crippen LogP contribution in [0.15, 0.2) is 18.2 Å². The van der Waals surface area contributed by atoms with E-state index in [1.807, 2.05) is 0 Å². The van der Waals surface area contributed by atoms with Crippen molar-refractivity contribution >= 4 is 5.91 Å². The largest absolute Gasteiger partial charge is 0.416 e. The van der Waals surface area contributed by atoms with Crippen LogP contribution in [0, 0.1) is 12.3 Å². The molecule has 1 amide bonds. The van der Waals surface area contributed by atoms with Gasteiger partial charge < -0.3 is 10.1 Å². The van der Waals surface area contributed by atoms with Gasteiger partial charge in [0.2, 0.25) is 0 Å². The van der Waals surface area contributed by atoms with Crippen LogP contribution in [-0.2, 0) is 10.9 Å². The van der Waals surface area contributed by atoms with Crippen molar-refractivity contribution < 1.29 is 22.7 Å². The number of terminal acetylenes is 1. The summed E-state index contributed by atoms with van der Waals surface area (Å²) in [5.74, 6) is 1.47. The lowest BCUT2D eigenvalue weighted by Gasteiger charge is -2.10.